The Bertz CT molecular complexity index is 449. The van der Waals surface area contributed by atoms with Crippen molar-refractivity contribution in [1.82, 2.24) is 15.1 Å². The van der Waals surface area contributed by atoms with Crippen LogP contribution in [0.1, 0.15) is 23.9 Å². The van der Waals surface area contributed by atoms with Gasteiger partial charge in [0.25, 0.3) is 0 Å². The van der Waals surface area contributed by atoms with Gasteiger partial charge >= 0.3 is 0 Å². The summed E-state index contributed by atoms with van der Waals surface area (Å²) < 4.78 is 6.76. The number of nitrogens with one attached hydrogen (secondary N) is 1. The Hall–Kier alpha value is -1.62. The minimum Gasteiger partial charge on any atom is -0.383 e. The number of amides is 1. The Morgan fingerprint density at radius 1 is 1.56 bits per heavy atom. The van der Waals surface area contributed by atoms with Gasteiger partial charge in [0.2, 0.25) is 5.91 Å². The number of methoxy groups -OCH3 is 1. The number of carbonyl (C=O) groups is 1. The number of nitrogens with zero attached hydrogens (tertiary/aromatic N) is 2. The van der Waals surface area contributed by atoms with Gasteiger partial charge < -0.3 is 10.1 Å². The zero-order chi connectivity index (χ0) is 13.7. The summed E-state index contributed by atoms with van der Waals surface area (Å²) in [6, 6.07) is 0.00300. The van der Waals surface area contributed by atoms with Crippen LogP contribution in [0.4, 0.5) is 0 Å². The van der Waals surface area contributed by atoms with Gasteiger partial charge in [-0.05, 0) is 26.8 Å². The molecular formula is C13H21N3O2. The van der Waals surface area contributed by atoms with Crippen LogP contribution in [0.3, 0.4) is 0 Å². The number of carbonyl (C=O) groups excluding carboxylic acids is 1. The zero-order valence-corrected chi connectivity index (χ0v) is 11.7. The van der Waals surface area contributed by atoms with Crippen LogP contribution in [0, 0.1) is 13.8 Å². The van der Waals surface area contributed by atoms with E-state index in [-0.39, 0.29) is 11.9 Å². The topological polar surface area (TPSA) is 56.1 Å². The highest BCUT2D eigenvalue weighted by Gasteiger charge is 2.07. The van der Waals surface area contributed by atoms with Crippen molar-refractivity contribution in [3.8, 4) is 0 Å². The number of rotatable bonds is 5. The van der Waals surface area contributed by atoms with Gasteiger partial charge in [-0.15, -0.1) is 0 Å². The molecular weight excluding hydrogens is 230 g/mol. The predicted molar refractivity (Wildman–Crippen MR) is 71.2 cm³/mol. The Morgan fingerprint density at radius 3 is 2.72 bits per heavy atom. The molecule has 1 atom stereocenters. The Labute approximate surface area is 108 Å². The van der Waals surface area contributed by atoms with Gasteiger partial charge in [-0.1, -0.05) is 0 Å². The van der Waals surface area contributed by atoms with Gasteiger partial charge in [0.1, 0.15) is 0 Å². The standard InChI is InChI=1S/C13H21N3O2/c1-9(8-18-5)14-13(17)7-6-12-10(2)15-16(4)11(12)3/h6-7,9H,8H2,1-5H3,(H,14,17)/b7-6+. The number of aromatic nitrogens is 2. The SMILES string of the molecule is COCC(C)NC(=O)/C=C/c1c(C)nn(C)c1C. The second-order valence-corrected chi connectivity index (χ2v) is 4.41. The van der Waals surface area contributed by atoms with Crippen LogP contribution in [-0.2, 0) is 16.6 Å². The Morgan fingerprint density at radius 2 is 2.22 bits per heavy atom. The van der Waals surface area contributed by atoms with E-state index in [2.05, 4.69) is 10.4 Å². The van der Waals surface area contributed by atoms with E-state index < -0.39 is 0 Å². The van der Waals surface area contributed by atoms with Gasteiger partial charge in [0.05, 0.1) is 12.3 Å². The largest absolute Gasteiger partial charge is 0.383 e. The average molecular weight is 251 g/mol. The molecule has 1 aromatic rings. The maximum Gasteiger partial charge on any atom is 0.244 e. The predicted octanol–water partition coefficient (Wildman–Crippen LogP) is 1.20. The fraction of sp³-hybridized carbons (Fsp3) is 0.538. The molecule has 0 aliphatic carbocycles. The smallest absolute Gasteiger partial charge is 0.244 e. The van der Waals surface area contributed by atoms with Crippen molar-refractivity contribution in [2.45, 2.75) is 26.8 Å². The van der Waals surface area contributed by atoms with E-state index in [0.29, 0.717) is 6.61 Å². The highest BCUT2D eigenvalue weighted by atomic mass is 16.5. The first kappa shape index (κ1) is 14.4. The van der Waals surface area contributed by atoms with Crippen molar-refractivity contribution < 1.29 is 9.53 Å². The van der Waals surface area contributed by atoms with Crippen LogP contribution < -0.4 is 5.32 Å². The lowest BCUT2D eigenvalue weighted by molar-refractivity contribution is -0.117. The van der Waals surface area contributed by atoms with Crippen molar-refractivity contribution in [3.05, 3.63) is 23.0 Å². The number of aryl methyl sites for hydroxylation is 2. The first-order valence-electron chi connectivity index (χ1n) is 5.93. The van der Waals surface area contributed by atoms with Crippen molar-refractivity contribution >= 4 is 12.0 Å². The van der Waals surface area contributed by atoms with Crippen LogP contribution in [0.5, 0.6) is 0 Å². The second kappa shape index (κ2) is 6.35. The molecule has 5 nitrogen and oxygen atoms in total. The lowest BCUT2D eigenvalue weighted by Gasteiger charge is -2.10. The summed E-state index contributed by atoms with van der Waals surface area (Å²) in [6.45, 7) is 6.31. The Kier molecular flexibility index (Phi) is 5.09. The van der Waals surface area contributed by atoms with Crippen molar-refractivity contribution in [1.29, 1.82) is 0 Å². The molecule has 1 N–H and O–H groups in total. The van der Waals surface area contributed by atoms with Crippen molar-refractivity contribution in [2.75, 3.05) is 13.7 Å². The van der Waals surface area contributed by atoms with E-state index in [4.69, 9.17) is 4.74 Å². The minimum absolute atomic E-state index is 0.00300. The van der Waals surface area contributed by atoms with Crippen LogP contribution in [0.25, 0.3) is 6.08 Å². The van der Waals surface area contributed by atoms with E-state index in [9.17, 15) is 4.79 Å². The Balaban J connectivity index is 2.66. The third kappa shape index (κ3) is 3.70. The van der Waals surface area contributed by atoms with Gasteiger partial charge in [-0.25, -0.2) is 0 Å². The van der Waals surface area contributed by atoms with E-state index in [1.165, 1.54) is 6.08 Å². The summed E-state index contributed by atoms with van der Waals surface area (Å²) >= 11 is 0. The molecule has 0 fully saturated rings. The minimum atomic E-state index is -0.123. The summed E-state index contributed by atoms with van der Waals surface area (Å²) in [7, 11) is 3.50. The zero-order valence-electron chi connectivity index (χ0n) is 11.7. The molecule has 1 amide bonds. The third-order valence-electron chi connectivity index (χ3n) is 2.77. The lowest BCUT2D eigenvalue weighted by Crippen LogP contribution is -2.34. The number of hydrogen-bond acceptors (Lipinski definition) is 3. The number of hydrogen-bond donors (Lipinski definition) is 1. The molecule has 0 aliphatic rings. The molecule has 0 aliphatic heterocycles. The first-order chi connectivity index (χ1) is 8.45. The van der Waals surface area contributed by atoms with E-state index >= 15 is 0 Å². The van der Waals surface area contributed by atoms with E-state index in [1.807, 2.05) is 27.8 Å². The van der Waals surface area contributed by atoms with Crippen LogP contribution in [0.2, 0.25) is 0 Å². The van der Waals surface area contributed by atoms with E-state index in [1.54, 1.807) is 17.9 Å². The number of ether oxygens (including phenoxy) is 1. The molecule has 0 bridgehead atoms. The molecule has 1 rings (SSSR count). The monoisotopic (exact) mass is 251 g/mol. The summed E-state index contributed by atoms with van der Waals surface area (Å²) in [5, 5.41) is 7.11. The molecule has 1 aromatic heterocycles. The summed E-state index contributed by atoms with van der Waals surface area (Å²) in [5.41, 5.74) is 2.96. The molecule has 1 unspecified atom stereocenters. The molecule has 5 heteroatoms. The van der Waals surface area contributed by atoms with Crippen LogP contribution >= 0.6 is 0 Å². The molecule has 0 aromatic carbocycles. The molecule has 0 spiro atoms. The van der Waals surface area contributed by atoms with Gasteiger partial charge in [0.15, 0.2) is 0 Å². The third-order valence-corrected chi connectivity index (χ3v) is 2.77. The average Bonchev–Trinajstić information content (AvgIpc) is 2.51. The van der Waals surface area contributed by atoms with Gasteiger partial charge in [-0.3, -0.25) is 9.48 Å². The summed E-state index contributed by atoms with van der Waals surface area (Å²) in [6.07, 6.45) is 3.33. The van der Waals surface area contributed by atoms with Gasteiger partial charge in [0, 0.05) is 37.5 Å². The quantitative estimate of drug-likeness (QED) is 0.800. The van der Waals surface area contributed by atoms with Gasteiger partial charge in [-0.2, -0.15) is 5.10 Å². The fourth-order valence-corrected chi connectivity index (χ4v) is 1.77. The van der Waals surface area contributed by atoms with Crippen molar-refractivity contribution in [2.24, 2.45) is 7.05 Å². The van der Waals surface area contributed by atoms with E-state index in [0.717, 1.165) is 17.0 Å². The maximum atomic E-state index is 11.7. The lowest BCUT2D eigenvalue weighted by atomic mass is 10.2. The summed E-state index contributed by atoms with van der Waals surface area (Å²) in [5.74, 6) is -0.123. The molecule has 0 saturated heterocycles. The maximum absolute atomic E-state index is 11.7. The van der Waals surface area contributed by atoms with Crippen molar-refractivity contribution in [3.63, 3.8) is 0 Å². The molecule has 0 saturated carbocycles. The highest BCUT2D eigenvalue weighted by molar-refractivity contribution is 5.92. The molecule has 0 radical (unpaired) electrons. The fourth-order valence-electron chi connectivity index (χ4n) is 1.77. The first-order valence-corrected chi connectivity index (χ1v) is 5.93. The molecule has 1 heterocycles. The highest BCUT2D eigenvalue weighted by Crippen LogP contribution is 2.13. The second-order valence-electron chi connectivity index (χ2n) is 4.41. The molecule has 100 valence electrons. The van der Waals surface area contributed by atoms with Crippen LogP contribution in [-0.4, -0.2) is 35.4 Å². The van der Waals surface area contributed by atoms with Crippen LogP contribution in [0.15, 0.2) is 6.08 Å². The normalized spacial score (nSPS) is 12.9. The molecule has 18 heavy (non-hydrogen) atoms. The summed E-state index contributed by atoms with van der Waals surface area (Å²) in [4.78, 5) is 11.7.